The smallest absolute Gasteiger partial charge is 0.152 e. The van der Waals surface area contributed by atoms with E-state index in [0.29, 0.717) is 24.5 Å². The molecule has 1 atom stereocenters. The summed E-state index contributed by atoms with van der Waals surface area (Å²) in [5, 5.41) is 4.27. The van der Waals surface area contributed by atoms with Gasteiger partial charge < -0.3 is 15.0 Å². The van der Waals surface area contributed by atoms with Gasteiger partial charge in [-0.15, -0.1) is 0 Å². The number of hydrogen-bond acceptors (Lipinski definition) is 6. The normalized spacial score (nSPS) is 18.3. The van der Waals surface area contributed by atoms with E-state index >= 15 is 0 Å². The molecular formula is C16H17N5O2. The number of hydrogen-bond donors (Lipinski definition) is 1. The number of fused-ring (bicyclic) bond motifs is 5. The van der Waals surface area contributed by atoms with Gasteiger partial charge in [-0.25, -0.2) is 9.97 Å². The lowest BCUT2D eigenvalue weighted by Crippen LogP contribution is -2.38. The fourth-order valence-electron chi connectivity index (χ4n) is 3.22. The van der Waals surface area contributed by atoms with E-state index in [1.807, 2.05) is 38.1 Å². The van der Waals surface area contributed by atoms with E-state index in [1.165, 1.54) is 0 Å². The summed E-state index contributed by atoms with van der Waals surface area (Å²) < 4.78 is 7.69. The fourth-order valence-corrected chi connectivity index (χ4v) is 3.22. The Kier molecular flexibility index (Phi) is 2.89. The number of ether oxygens (including phenoxy) is 1. The highest BCUT2D eigenvalue weighted by Crippen LogP contribution is 2.38. The third-order valence-corrected chi connectivity index (χ3v) is 4.50. The Labute approximate surface area is 132 Å². The van der Waals surface area contributed by atoms with Crippen molar-refractivity contribution in [3.63, 3.8) is 0 Å². The van der Waals surface area contributed by atoms with Gasteiger partial charge in [0.15, 0.2) is 5.82 Å². The van der Waals surface area contributed by atoms with Gasteiger partial charge in [0.1, 0.15) is 23.5 Å². The van der Waals surface area contributed by atoms with E-state index < -0.39 is 5.54 Å². The van der Waals surface area contributed by atoms with Crippen LogP contribution in [0.3, 0.4) is 0 Å². The van der Waals surface area contributed by atoms with Crippen molar-refractivity contribution < 1.29 is 4.74 Å². The first-order valence-corrected chi connectivity index (χ1v) is 7.50. The molecule has 3 heterocycles. The van der Waals surface area contributed by atoms with Crippen LogP contribution in [0.1, 0.15) is 25.7 Å². The summed E-state index contributed by atoms with van der Waals surface area (Å²) >= 11 is 0. The van der Waals surface area contributed by atoms with Gasteiger partial charge in [-0.1, -0.05) is 23.4 Å². The lowest BCUT2D eigenvalue weighted by molar-refractivity contribution is 0.0352. The van der Waals surface area contributed by atoms with Crippen LogP contribution in [0.4, 0.5) is 5.82 Å². The summed E-state index contributed by atoms with van der Waals surface area (Å²) in [6.45, 7) is 4.41. The van der Waals surface area contributed by atoms with Crippen molar-refractivity contribution in [2.75, 3.05) is 12.3 Å². The van der Waals surface area contributed by atoms with Gasteiger partial charge in [0.05, 0.1) is 23.7 Å². The average molecular weight is 311 g/mol. The molecule has 7 heteroatoms. The van der Waals surface area contributed by atoms with Crippen LogP contribution in [0.25, 0.3) is 21.9 Å². The van der Waals surface area contributed by atoms with Gasteiger partial charge >= 0.3 is 0 Å². The summed E-state index contributed by atoms with van der Waals surface area (Å²) in [5.41, 5.74) is 7.64. The first kappa shape index (κ1) is 14.1. The molecule has 0 amide bonds. The summed E-state index contributed by atoms with van der Waals surface area (Å²) in [6.07, 6.45) is 0. The maximum Gasteiger partial charge on any atom is 0.152 e. The molecule has 0 bridgehead atoms. The predicted octanol–water partition coefficient (Wildman–Crippen LogP) is 2.78. The number of nitrogens with two attached hydrogens (primary N) is 1. The van der Waals surface area contributed by atoms with Crippen LogP contribution in [-0.4, -0.2) is 26.7 Å². The van der Waals surface area contributed by atoms with E-state index in [1.54, 1.807) is 0 Å². The highest BCUT2D eigenvalue weighted by molar-refractivity contribution is 6.06. The number of para-hydroxylation sites is 1. The molecule has 7 nitrogen and oxygen atoms in total. The second kappa shape index (κ2) is 4.73. The Balaban J connectivity index is 2.14. The van der Waals surface area contributed by atoms with Crippen molar-refractivity contribution in [2.45, 2.75) is 32.0 Å². The topological polar surface area (TPSA) is 95.4 Å². The van der Waals surface area contributed by atoms with Crippen LogP contribution in [0.15, 0.2) is 29.4 Å². The molecule has 2 N–H and O–H groups in total. The fraction of sp³-hybridized carbons (Fsp3) is 0.375. The molecule has 0 saturated heterocycles. The van der Waals surface area contributed by atoms with Gasteiger partial charge in [0.25, 0.3) is 0 Å². The Morgan fingerprint density at radius 2 is 2.13 bits per heavy atom. The number of aromatic nitrogens is 3. The van der Waals surface area contributed by atoms with Crippen molar-refractivity contribution in [1.29, 1.82) is 0 Å². The van der Waals surface area contributed by atoms with E-state index in [-0.39, 0.29) is 6.04 Å². The van der Waals surface area contributed by atoms with E-state index in [4.69, 9.17) is 10.5 Å². The number of rotatable bonds is 2. The lowest BCUT2D eigenvalue weighted by atomic mass is 9.95. The summed E-state index contributed by atoms with van der Waals surface area (Å²) in [6, 6.07) is 7.55. The Morgan fingerprint density at radius 3 is 2.91 bits per heavy atom. The molecule has 1 unspecified atom stereocenters. The zero-order valence-electron chi connectivity index (χ0n) is 13.0. The molecule has 0 spiro atoms. The molecule has 23 heavy (non-hydrogen) atoms. The van der Waals surface area contributed by atoms with Gasteiger partial charge in [-0.05, 0) is 19.9 Å². The van der Waals surface area contributed by atoms with Crippen LogP contribution in [0, 0.1) is 4.91 Å². The SMILES string of the molecule is CC(C)(N=O)C1COCc2nc3c(N)nc4ccccc4c3n21. The second-order valence-electron chi connectivity index (χ2n) is 6.39. The summed E-state index contributed by atoms with van der Waals surface area (Å²) in [4.78, 5) is 20.4. The van der Waals surface area contributed by atoms with E-state index in [9.17, 15) is 4.91 Å². The minimum absolute atomic E-state index is 0.237. The third kappa shape index (κ3) is 1.93. The molecule has 0 radical (unpaired) electrons. The zero-order valence-corrected chi connectivity index (χ0v) is 13.0. The van der Waals surface area contributed by atoms with Crippen molar-refractivity contribution in [3.8, 4) is 0 Å². The van der Waals surface area contributed by atoms with Crippen LogP contribution < -0.4 is 5.73 Å². The summed E-state index contributed by atoms with van der Waals surface area (Å²) in [7, 11) is 0. The molecule has 1 aromatic carbocycles. The van der Waals surface area contributed by atoms with Crippen molar-refractivity contribution in [3.05, 3.63) is 35.0 Å². The predicted molar refractivity (Wildman–Crippen MR) is 88.0 cm³/mol. The van der Waals surface area contributed by atoms with Gasteiger partial charge in [0.2, 0.25) is 0 Å². The third-order valence-electron chi connectivity index (χ3n) is 4.50. The zero-order chi connectivity index (χ0) is 16.2. The molecule has 118 valence electrons. The van der Waals surface area contributed by atoms with Gasteiger partial charge in [0, 0.05) is 5.39 Å². The standard InChI is InChI=1S/C16H17N5O2/c1-16(2,20-22)11-7-23-8-12-19-13-14(21(11)12)9-5-3-4-6-10(9)18-15(13)17/h3-6,11H,7-8H2,1-2H3,(H2,17,18). The van der Waals surface area contributed by atoms with Crippen molar-refractivity contribution >= 4 is 27.8 Å². The molecule has 0 fully saturated rings. The van der Waals surface area contributed by atoms with E-state index in [0.717, 1.165) is 22.2 Å². The quantitative estimate of drug-likeness (QED) is 0.734. The molecule has 3 aromatic rings. The van der Waals surface area contributed by atoms with Crippen LogP contribution >= 0.6 is 0 Å². The maximum absolute atomic E-state index is 11.3. The minimum atomic E-state index is -0.818. The maximum atomic E-state index is 11.3. The molecule has 0 aliphatic carbocycles. The monoisotopic (exact) mass is 311 g/mol. The average Bonchev–Trinajstić information content (AvgIpc) is 2.95. The second-order valence-corrected chi connectivity index (χ2v) is 6.39. The Hall–Kier alpha value is -2.54. The summed E-state index contributed by atoms with van der Waals surface area (Å²) in [5.74, 6) is 1.13. The van der Waals surface area contributed by atoms with Crippen LogP contribution in [0.5, 0.6) is 0 Å². The minimum Gasteiger partial charge on any atom is -0.382 e. The number of nitrogen functional groups attached to an aromatic ring is 1. The van der Waals surface area contributed by atoms with Crippen LogP contribution in [-0.2, 0) is 11.3 Å². The Bertz CT molecular complexity index is 931. The van der Waals surface area contributed by atoms with Crippen LogP contribution in [0.2, 0.25) is 0 Å². The van der Waals surface area contributed by atoms with E-state index in [2.05, 4.69) is 19.7 Å². The first-order chi connectivity index (χ1) is 11.0. The first-order valence-electron chi connectivity index (χ1n) is 7.50. The van der Waals surface area contributed by atoms with Gasteiger partial charge in [-0.2, -0.15) is 4.91 Å². The highest BCUT2D eigenvalue weighted by Gasteiger charge is 2.38. The Morgan fingerprint density at radius 1 is 1.35 bits per heavy atom. The highest BCUT2D eigenvalue weighted by atomic mass is 16.5. The molecule has 4 rings (SSSR count). The van der Waals surface area contributed by atoms with Crippen molar-refractivity contribution in [2.24, 2.45) is 5.18 Å². The largest absolute Gasteiger partial charge is 0.382 e. The number of benzene rings is 1. The lowest BCUT2D eigenvalue weighted by Gasteiger charge is -2.33. The molecular weight excluding hydrogens is 294 g/mol. The number of anilines is 1. The van der Waals surface area contributed by atoms with Crippen molar-refractivity contribution in [1.82, 2.24) is 14.5 Å². The number of imidazole rings is 1. The molecule has 0 saturated carbocycles. The number of pyridine rings is 1. The molecule has 2 aromatic heterocycles. The number of nitroso groups, excluding NO2 is 1. The van der Waals surface area contributed by atoms with Gasteiger partial charge in [-0.3, -0.25) is 0 Å². The molecule has 1 aliphatic heterocycles. The molecule has 1 aliphatic rings. The number of nitrogens with zero attached hydrogens (tertiary/aromatic N) is 4.